The number of aryl methyl sites for hydroxylation is 1. The zero-order valence-electron chi connectivity index (χ0n) is 19.4. The molecule has 2 aliphatic heterocycles. The molecular weight excluding hydrogens is 460 g/mol. The highest BCUT2D eigenvalue weighted by atomic mass is 32.2. The van der Waals surface area contributed by atoms with Crippen LogP contribution in [0.15, 0.2) is 82.7 Å². The van der Waals surface area contributed by atoms with Crippen LogP contribution in [0, 0.1) is 0 Å². The van der Waals surface area contributed by atoms with Crippen molar-refractivity contribution in [2.45, 2.75) is 24.3 Å². The Labute approximate surface area is 206 Å². The highest BCUT2D eigenvalue weighted by Gasteiger charge is 2.24. The fourth-order valence-electron chi connectivity index (χ4n) is 4.53. The number of fused-ring (bicyclic) bond motifs is 1. The van der Waals surface area contributed by atoms with Crippen molar-refractivity contribution in [3.63, 3.8) is 0 Å². The maximum absolute atomic E-state index is 13.0. The van der Waals surface area contributed by atoms with Crippen LogP contribution in [0.2, 0.25) is 0 Å². The van der Waals surface area contributed by atoms with Gasteiger partial charge in [-0.3, -0.25) is 19.4 Å². The third-order valence-electron chi connectivity index (χ3n) is 6.43. The van der Waals surface area contributed by atoms with E-state index in [4.69, 9.17) is 0 Å². The van der Waals surface area contributed by atoms with Crippen molar-refractivity contribution in [1.82, 2.24) is 9.80 Å². The van der Waals surface area contributed by atoms with Gasteiger partial charge in [0.1, 0.15) is 4.90 Å². The first-order valence-electron chi connectivity index (χ1n) is 11.8. The second-order valence-electron chi connectivity index (χ2n) is 8.85. The molecule has 7 nitrogen and oxygen atoms in total. The standard InChI is InChI=1S/C27H28N4O3S/c32-27(31-18-16-30(17-19-31)20-21-6-2-1-3-7-21)23-11-13-24(14-12-23)29-35(33,34)25-10-4-8-22-9-5-15-28-26(22)25/h1-4,6-8,10-15,29H,5,9,16-20H2. The molecule has 0 radical (unpaired) electrons. The molecule has 0 aromatic heterocycles. The Morgan fingerprint density at radius 3 is 2.37 bits per heavy atom. The highest BCUT2D eigenvalue weighted by Crippen LogP contribution is 2.32. The van der Waals surface area contributed by atoms with Gasteiger partial charge in [0.15, 0.2) is 0 Å². The molecule has 1 saturated heterocycles. The molecule has 0 saturated carbocycles. The third-order valence-corrected chi connectivity index (χ3v) is 7.84. The molecule has 0 aliphatic carbocycles. The Morgan fingerprint density at radius 1 is 0.886 bits per heavy atom. The fourth-order valence-corrected chi connectivity index (χ4v) is 5.79. The summed E-state index contributed by atoms with van der Waals surface area (Å²) >= 11 is 0. The molecule has 1 amide bonds. The lowest BCUT2D eigenvalue weighted by Gasteiger charge is -2.34. The number of nitrogens with zero attached hydrogens (tertiary/aromatic N) is 3. The van der Waals surface area contributed by atoms with E-state index in [-0.39, 0.29) is 10.8 Å². The first-order chi connectivity index (χ1) is 17.0. The number of carbonyl (C=O) groups is 1. The number of amides is 1. The summed E-state index contributed by atoms with van der Waals surface area (Å²) in [6.45, 7) is 3.86. The Kier molecular flexibility index (Phi) is 6.66. The molecule has 35 heavy (non-hydrogen) atoms. The molecule has 3 aromatic rings. The highest BCUT2D eigenvalue weighted by molar-refractivity contribution is 7.92. The normalized spacial score (nSPS) is 16.1. The Balaban J connectivity index is 1.21. The number of hydrogen-bond acceptors (Lipinski definition) is 5. The first-order valence-corrected chi connectivity index (χ1v) is 13.3. The van der Waals surface area contributed by atoms with Crippen LogP contribution in [0.25, 0.3) is 0 Å². The van der Waals surface area contributed by atoms with Crippen LogP contribution in [0.3, 0.4) is 0 Å². The number of piperazine rings is 1. The van der Waals surface area contributed by atoms with Gasteiger partial charge in [-0.05, 0) is 54.3 Å². The molecule has 2 heterocycles. The predicted octanol–water partition coefficient (Wildman–Crippen LogP) is 4.09. The predicted molar refractivity (Wildman–Crippen MR) is 138 cm³/mol. The van der Waals surface area contributed by atoms with Crippen molar-refractivity contribution in [3.8, 4) is 0 Å². The minimum atomic E-state index is -3.80. The van der Waals surface area contributed by atoms with Gasteiger partial charge in [0.2, 0.25) is 0 Å². The summed E-state index contributed by atoms with van der Waals surface area (Å²) in [5.41, 5.74) is 3.66. The average molecular weight is 489 g/mol. The number of sulfonamides is 1. The summed E-state index contributed by atoms with van der Waals surface area (Å²) < 4.78 is 28.7. The van der Waals surface area contributed by atoms with Gasteiger partial charge in [-0.1, -0.05) is 42.5 Å². The first kappa shape index (κ1) is 23.3. The second-order valence-corrected chi connectivity index (χ2v) is 10.5. The van der Waals surface area contributed by atoms with Crippen molar-refractivity contribution in [2.24, 2.45) is 4.99 Å². The van der Waals surface area contributed by atoms with E-state index in [0.29, 0.717) is 30.0 Å². The second kappa shape index (κ2) is 10.0. The van der Waals surface area contributed by atoms with E-state index >= 15 is 0 Å². The summed E-state index contributed by atoms with van der Waals surface area (Å²) in [6.07, 6.45) is 3.34. The van der Waals surface area contributed by atoms with Crippen molar-refractivity contribution in [1.29, 1.82) is 0 Å². The van der Waals surface area contributed by atoms with E-state index in [2.05, 4.69) is 26.7 Å². The number of benzene rings is 3. The van der Waals surface area contributed by atoms with Crippen molar-refractivity contribution in [2.75, 3.05) is 30.9 Å². The molecule has 1 N–H and O–H groups in total. The maximum atomic E-state index is 13.0. The van der Waals surface area contributed by atoms with E-state index in [1.54, 1.807) is 42.6 Å². The Morgan fingerprint density at radius 2 is 1.63 bits per heavy atom. The molecule has 0 atom stereocenters. The van der Waals surface area contributed by atoms with Gasteiger partial charge in [0.25, 0.3) is 15.9 Å². The lowest BCUT2D eigenvalue weighted by Crippen LogP contribution is -2.48. The number of para-hydroxylation sites is 1. The number of rotatable bonds is 6. The summed E-state index contributed by atoms with van der Waals surface area (Å²) in [5.74, 6) is -0.0368. The molecule has 0 unspecified atom stereocenters. The number of nitrogens with one attached hydrogen (secondary N) is 1. The summed E-state index contributed by atoms with van der Waals surface area (Å²) in [6, 6.07) is 22.2. The topological polar surface area (TPSA) is 82.1 Å². The zero-order chi connectivity index (χ0) is 24.3. The van der Waals surface area contributed by atoms with Gasteiger partial charge < -0.3 is 4.90 Å². The van der Waals surface area contributed by atoms with Gasteiger partial charge in [0, 0.05) is 50.2 Å². The average Bonchev–Trinajstić information content (AvgIpc) is 2.89. The largest absolute Gasteiger partial charge is 0.336 e. The minimum absolute atomic E-state index is 0.0368. The summed E-state index contributed by atoms with van der Waals surface area (Å²) in [7, 11) is -3.80. The zero-order valence-corrected chi connectivity index (χ0v) is 20.2. The Hall–Kier alpha value is -3.49. The Bertz CT molecular complexity index is 1330. The van der Waals surface area contributed by atoms with Crippen LogP contribution >= 0.6 is 0 Å². The smallest absolute Gasteiger partial charge is 0.264 e. The van der Waals surface area contributed by atoms with Crippen molar-refractivity contribution in [3.05, 3.63) is 89.5 Å². The molecular formula is C27H28N4O3S. The lowest BCUT2D eigenvalue weighted by atomic mass is 10.1. The van der Waals surface area contributed by atoms with E-state index in [0.717, 1.165) is 38.0 Å². The van der Waals surface area contributed by atoms with Crippen LogP contribution in [-0.4, -0.2) is 56.5 Å². The van der Waals surface area contributed by atoms with Gasteiger partial charge in [-0.2, -0.15) is 0 Å². The van der Waals surface area contributed by atoms with Gasteiger partial charge in [-0.15, -0.1) is 0 Å². The monoisotopic (exact) mass is 488 g/mol. The van der Waals surface area contributed by atoms with Crippen molar-refractivity contribution >= 4 is 33.5 Å². The number of hydrogen-bond donors (Lipinski definition) is 1. The van der Waals surface area contributed by atoms with Crippen LogP contribution in [0.5, 0.6) is 0 Å². The third kappa shape index (κ3) is 5.28. The van der Waals surface area contributed by atoms with E-state index in [1.807, 2.05) is 29.2 Å². The van der Waals surface area contributed by atoms with E-state index in [9.17, 15) is 13.2 Å². The maximum Gasteiger partial charge on any atom is 0.264 e. The molecule has 0 spiro atoms. The molecule has 0 bridgehead atoms. The molecule has 1 fully saturated rings. The number of anilines is 1. The molecule has 180 valence electrons. The van der Waals surface area contributed by atoms with Crippen LogP contribution < -0.4 is 4.72 Å². The van der Waals surface area contributed by atoms with Crippen LogP contribution in [-0.2, 0) is 23.0 Å². The van der Waals surface area contributed by atoms with Crippen molar-refractivity contribution < 1.29 is 13.2 Å². The van der Waals surface area contributed by atoms with Crippen LogP contribution in [0.4, 0.5) is 11.4 Å². The minimum Gasteiger partial charge on any atom is -0.336 e. The van der Waals surface area contributed by atoms with Gasteiger partial charge >= 0.3 is 0 Å². The molecule has 2 aliphatic rings. The SMILES string of the molecule is O=C(c1ccc(NS(=O)(=O)c2cccc3c2N=CCC3)cc1)N1CCN(Cc2ccccc2)CC1. The number of aliphatic imine (C=N–C) groups is 1. The van der Waals surface area contributed by atoms with E-state index < -0.39 is 10.0 Å². The van der Waals surface area contributed by atoms with Gasteiger partial charge in [-0.25, -0.2) is 8.42 Å². The molecule has 8 heteroatoms. The fraction of sp³-hybridized carbons (Fsp3) is 0.259. The summed E-state index contributed by atoms with van der Waals surface area (Å²) in [4.78, 5) is 21.7. The quantitative estimate of drug-likeness (QED) is 0.567. The number of carbonyl (C=O) groups excluding carboxylic acids is 1. The van der Waals surface area contributed by atoms with Crippen LogP contribution in [0.1, 0.15) is 27.9 Å². The van der Waals surface area contributed by atoms with E-state index in [1.165, 1.54) is 5.56 Å². The lowest BCUT2D eigenvalue weighted by molar-refractivity contribution is 0.0628. The molecule has 5 rings (SSSR count). The summed E-state index contributed by atoms with van der Waals surface area (Å²) in [5, 5.41) is 0. The van der Waals surface area contributed by atoms with Gasteiger partial charge in [0.05, 0.1) is 5.69 Å². The molecule has 3 aromatic carbocycles.